The number of sulfone groups is 2. The topological polar surface area (TPSA) is 225 Å². The highest BCUT2D eigenvalue weighted by molar-refractivity contribution is 7.98. The molecule has 0 saturated heterocycles. The number of furan rings is 2. The van der Waals surface area contributed by atoms with E-state index in [0.29, 0.717) is 80.6 Å². The third-order valence-corrected chi connectivity index (χ3v) is 15.0. The molecule has 0 aliphatic carbocycles. The van der Waals surface area contributed by atoms with Gasteiger partial charge in [-0.05, 0) is 91.2 Å². The van der Waals surface area contributed by atoms with Gasteiger partial charge in [0.05, 0.1) is 60.9 Å². The number of carbonyl (C=O) groups is 1. The van der Waals surface area contributed by atoms with Crippen molar-refractivity contribution >= 4 is 107 Å². The van der Waals surface area contributed by atoms with Crippen molar-refractivity contribution in [3.8, 4) is 22.9 Å². The minimum absolute atomic E-state index is 0. The molecule has 0 radical (unpaired) electrons. The van der Waals surface area contributed by atoms with Gasteiger partial charge in [-0.25, -0.2) is 36.8 Å². The lowest BCUT2D eigenvalue weighted by Crippen LogP contribution is -2.15. The second-order valence-corrected chi connectivity index (χ2v) is 20.1. The summed E-state index contributed by atoms with van der Waals surface area (Å²) in [5.41, 5.74) is 3.09. The highest BCUT2D eigenvalue weighted by atomic mass is 35.5. The van der Waals surface area contributed by atoms with E-state index < -0.39 is 19.7 Å². The number of thioether (sulfide) groups is 1. The highest BCUT2D eigenvalue weighted by Crippen LogP contribution is 2.34. The van der Waals surface area contributed by atoms with Gasteiger partial charge in [-0.1, -0.05) is 60.7 Å². The molecule has 16 nitrogen and oxygen atoms in total. The molecule has 0 aliphatic heterocycles. The molecule has 6 heterocycles. The number of nitrogens with zero attached hydrogens (tertiary/aromatic N) is 6. The second-order valence-electron chi connectivity index (χ2n) is 15.2. The smallest absolute Gasteiger partial charge is 0.208 e. The van der Waals surface area contributed by atoms with Gasteiger partial charge in [-0.3, -0.25) is 14.8 Å². The van der Waals surface area contributed by atoms with Crippen LogP contribution in [0.25, 0.3) is 44.7 Å². The largest absolute Gasteiger partial charge is 0.458 e. The molecule has 4 aromatic carbocycles. The molecule has 10 aromatic rings. The van der Waals surface area contributed by atoms with Crippen LogP contribution in [0.4, 0.5) is 23.0 Å². The summed E-state index contributed by atoms with van der Waals surface area (Å²) in [4.78, 5) is 37.8. The fraction of sp³-hybridized carbons (Fsp3) is 0.0784. The molecule has 0 fully saturated rings. The quantitative estimate of drug-likeness (QED) is 0.0604. The maximum Gasteiger partial charge on any atom is 0.208 e. The SMILES string of the molecule is CSCCNCc1ccc(-c2cc3c(Nc4ccccc4S(=O)(=O)c4ccccc4)ncnc3cn2)o1.Cl.Cl.O=Cc1ccc(-c2cc3c(Nc4ccccc4S(=O)(=O)c4ccccc4)ncnc3cn2)o1. The van der Waals surface area contributed by atoms with E-state index in [-0.39, 0.29) is 50.2 Å². The minimum atomic E-state index is -3.76. The minimum Gasteiger partial charge on any atom is -0.458 e. The highest BCUT2D eigenvalue weighted by Gasteiger charge is 2.23. The zero-order valence-corrected chi connectivity index (χ0v) is 42.0. The number of hydrogen-bond donors (Lipinski definition) is 3. The third-order valence-electron chi connectivity index (χ3n) is 10.7. The maximum absolute atomic E-state index is 13.4. The van der Waals surface area contributed by atoms with Crippen molar-refractivity contribution < 1.29 is 30.5 Å². The molecule has 0 atom stereocenters. The van der Waals surface area contributed by atoms with Gasteiger partial charge in [-0.15, -0.1) is 24.8 Å². The molecule has 72 heavy (non-hydrogen) atoms. The number of benzene rings is 4. The molecule has 6 aromatic heterocycles. The van der Waals surface area contributed by atoms with Gasteiger partial charge in [0, 0.05) is 23.1 Å². The number of hydrogen-bond acceptors (Lipinski definition) is 17. The normalized spacial score (nSPS) is 11.2. The zero-order chi connectivity index (χ0) is 48.5. The fourth-order valence-corrected chi connectivity index (χ4v) is 10.5. The Morgan fingerprint density at radius 3 is 1.51 bits per heavy atom. The summed E-state index contributed by atoms with van der Waals surface area (Å²) < 4.78 is 64.7. The van der Waals surface area contributed by atoms with Gasteiger partial charge >= 0.3 is 0 Å². The Bertz CT molecular complexity index is 3700. The molecular formula is C51H43Cl2N9O7S3. The lowest BCUT2D eigenvalue weighted by molar-refractivity contribution is 0.110. The summed E-state index contributed by atoms with van der Waals surface area (Å²) in [5.74, 6) is 3.96. The lowest BCUT2D eigenvalue weighted by atomic mass is 10.2. The summed E-state index contributed by atoms with van der Waals surface area (Å²) in [6, 6.07) is 40.6. The molecule has 0 amide bonds. The Hall–Kier alpha value is -7.52. The number of para-hydroxylation sites is 2. The van der Waals surface area contributed by atoms with E-state index in [1.807, 2.05) is 18.2 Å². The average molecular weight is 1060 g/mol. The number of aromatic nitrogens is 6. The predicted octanol–water partition coefficient (Wildman–Crippen LogP) is 10.8. The zero-order valence-electron chi connectivity index (χ0n) is 37.9. The van der Waals surface area contributed by atoms with Crippen LogP contribution < -0.4 is 16.0 Å². The first-order valence-electron chi connectivity index (χ1n) is 21.5. The Balaban J connectivity index is 0.000000207. The van der Waals surface area contributed by atoms with Crippen LogP contribution in [0.3, 0.4) is 0 Å². The van der Waals surface area contributed by atoms with Crippen LogP contribution in [-0.2, 0) is 26.2 Å². The van der Waals surface area contributed by atoms with E-state index in [1.165, 1.54) is 12.7 Å². The van der Waals surface area contributed by atoms with Gasteiger partial charge < -0.3 is 24.8 Å². The second kappa shape index (κ2) is 23.6. The van der Waals surface area contributed by atoms with Gasteiger partial charge in [0.1, 0.15) is 41.4 Å². The van der Waals surface area contributed by atoms with E-state index in [4.69, 9.17) is 8.83 Å². The van der Waals surface area contributed by atoms with Gasteiger partial charge in [-0.2, -0.15) is 11.8 Å². The molecule has 0 bridgehead atoms. The maximum atomic E-state index is 13.4. The monoisotopic (exact) mass is 1060 g/mol. The van der Waals surface area contributed by atoms with Crippen molar-refractivity contribution in [1.82, 2.24) is 35.2 Å². The first-order chi connectivity index (χ1) is 34.1. The summed E-state index contributed by atoms with van der Waals surface area (Å²) in [6.07, 6.45) is 8.70. The Labute approximate surface area is 430 Å². The molecule has 0 aliphatic rings. The van der Waals surface area contributed by atoms with E-state index in [0.717, 1.165) is 18.1 Å². The van der Waals surface area contributed by atoms with Crippen molar-refractivity contribution in [2.24, 2.45) is 0 Å². The number of anilines is 4. The number of pyridine rings is 2. The Morgan fingerprint density at radius 2 is 1.03 bits per heavy atom. The molecule has 0 spiro atoms. The van der Waals surface area contributed by atoms with E-state index in [9.17, 15) is 21.6 Å². The molecule has 0 unspecified atom stereocenters. The number of carbonyl (C=O) groups excluding carboxylic acids is 1. The molecule has 10 rings (SSSR count). The first kappa shape index (κ1) is 52.3. The van der Waals surface area contributed by atoms with E-state index >= 15 is 0 Å². The standard InChI is InChI=1S/C27H25N5O3S2.C24H16N4O4S.2ClH/c1-36-14-13-28-16-19-11-12-25(35-19)23-15-21-24(17-29-23)30-18-31-27(21)32-22-9-5-6-10-26(22)37(33,34)20-7-3-2-4-8-20;29-14-16-10-11-22(32-16)20-12-18-21(13-25-20)26-15-27-24(18)28-19-8-4-5-9-23(19)33(30,31)17-6-2-1-3-7-17;;/h2-12,15,17-18,28H,13-14,16H2,1H3,(H,30,31,32);1-15H,(H,26,27,28);2*1H. The summed E-state index contributed by atoms with van der Waals surface area (Å²) >= 11 is 1.79. The lowest BCUT2D eigenvalue weighted by Gasteiger charge is -2.13. The summed E-state index contributed by atoms with van der Waals surface area (Å²) in [5, 5.41) is 11.0. The van der Waals surface area contributed by atoms with Gasteiger partial charge in [0.2, 0.25) is 19.7 Å². The van der Waals surface area contributed by atoms with Crippen LogP contribution in [0.15, 0.2) is 199 Å². The van der Waals surface area contributed by atoms with Gasteiger partial charge in [0.25, 0.3) is 0 Å². The molecule has 21 heteroatoms. The summed E-state index contributed by atoms with van der Waals surface area (Å²) in [6.45, 7) is 1.54. The Kier molecular flexibility index (Phi) is 17.1. The molecule has 0 saturated carbocycles. The van der Waals surface area contributed by atoms with Crippen LogP contribution in [-0.4, -0.2) is 71.6 Å². The van der Waals surface area contributed by atoms with Crippen molar-refractivity contribution in [3.63, 3.8) is 0 Å². The van der Waals surface area contributed by atoms with Crippen molar-refractivity contribution in [2.75, 3.05) is 29.2 Å². The number of aldehydes is 1. The van der Waals surface area contributed by atoms with Crippen molar-refractivity contribution in [3.05, 3.63) is 182 Å². The van der Waals surface area contributed by atoms with Crippen LogP contribution in [0.2, 0.25) is 0 Å². The van der Waals surface area contributed by atoms with Crippen LogP contribution >= 0.6 is 36.6 Å². The fourth-order valence-electron chi connectivity index (χ4n) is 7.25. The van der Waals surface area contributed by atoms with Crippen LogP contribution in [0, 0.1) is 0 Å². The van der Waals surface area contributed by atoms with Crippen LogP contribution in [0.1, 0.15) is 16.3 Å². The number of rotatable bonds is 16. The number of nitrogens with one attached hydrogen (secondary N) is 3. The molecule has 366 valence electrons. The molecule has 3 N–H and O–H groups in total. The number of fused-ring (bicyclic) bond motifs is 2. The van der Waals surface area contributed by atoms with Gasteiger partial charge in [0.15, 0.2) is 23.6 Å². The van der Waals surface area contributed by atoms with E-state index in [2.05, 4.69) is 52.1 Å². The average Bonchev–Trinajstić information content (AvgIpc) is 4.10. The van der Waals surface area contributed by atoms with Crippen molar-refractivity contribution in [1.29, 1.82) is 0 Å². The first-order valence-corrected chi connectivity index (χ1v) is 25.9. The summed E-state index contributed by atoms with van der Waals surface area (Å²) in [7, 11) is -7.50. The number of halogens is 2. The Morgan fingerprint density at radius 1 is 0.556 bits per heavy atom. The third kappa shape index (κ3) is 11.6. The molecular weight excluding hydrogens is 1020 g/mol. The van der Waals surface area contributed by atoms with Crippen molar-refractivity contribution in [2.45, 2.75) is 26.1 Å². The van der Waals surface area contributed by atoms with Crippen LogP contribution in [0.5, 0.6) is 0 Å². The predicted molar refractivity (Wildman–Crippen MR) is 283 cm³/mol. The van der Waals surface area contributed by atoms with E-state index in [1.54, 1.807) is 152 Å².